The van der Waals surface area contributed by atoms with E-state index in [1.54, 1.807) is 13.8 Å². The number of halogens is 1. The molecule has 0 bridgehead atoms. The topological polar surface area (TPSA) is 69.6 Å². The maximum atomic E-state index is 13.0. The van der Waals surface area contributed by atoms with Crippen LogP contribution in [0.5, 0.6) is 0 Å². The van der Waals surface area contributed by atoms with Crippen LogP contribution in [-0.2, 0) is 4.79 Å². The number of carbonyl (C=O) groups is 2. The molecule has 2 unspecified atom stereocenters. The van der Waals surface area contributed by atoms with Gasteiger partial charge < -0.3 is 15.3 Å². The molecule has 108 valence electrons. The highest BCUT2D eigenvalue weighted by Gasteiger charge is 2.38. The first-order valence-corrected chi connectivity index (χ1v) is 6.46. The van der Waals surface area contributed by atoms with Crippen LogP contribution in [-0.4, -0.2) is 34.6 Å². The molecule has 1 aromatic carbocycles. The molecule has 0 saturated carbocycles. The fraction of sp³-hybridized carbons (Fsp3) is 0.429. The Morgan fingerprint density at radius 2 is 2.15 bits per heavy atom. The van der Waals surface area contributed by atoms with Crippen LogP contribution in [0.15, 0.2) is 18.2 Å². The number of nitrogens with zero attached hydrogens (tertiary/aromatic N) is 1. The van der Waals surface area contributed by atoms with Crippen molar-refractivity contribution >= 4 is 17.7 Å². The Morgan fingerprint density at radius 3 is 2.70 bits per heavy atom. The number of carboxylic acid groups (broad SMARTS) is 1. The Bertz CT molecular complexity index is 547. The van der Waals surface area contributed by atoms with Gasteiger partial charge in [-0.3, -0.25) is 4.79 Å². The summed E-state index contributed by atoms with van der Waals surface area (Å²) in [6.07, 6.45) is 0.451. The number of nitrogens with one attached hydrogen (secondary N) is 1. The molecule has 2 N–H and O–H groups in total. The maximum Gasteiger partial charge on any atom is 0.322 e. The summed E-state index contributed by atoms with van der Waals surface area (Å²) in [6.45, 7) is 3.83. The van der Waals surface area contributed by atoms with Crippen LogP contribution in [0.3, 0.4) is 0 Å². The van der Waals surface area contributed by atoms with Crippen LogP contribution in [0.1, 0.15) is 18.9 Å². The number of carboxylic acids is 1. The highest BCUT2D eigenvalue weighted by Crippen LogP contribution is 2.25. The minimum Gasteiger partial charge on any atom is -0.481 e. The van der Waals surface area contributed by atoms with E-state index in [0.29, 0.717) is 24.2 Å². The molecule has 2 atom stereocenters. The molecule has 0 spiro atoms. The molecule has 0 aromatic heterocycles. The van der Waals surface area contributed by atoms with Gasteiger partial charge in [-0.2, -0.15) is 0 Å². The molecular weight excluding hydrogens is 263 g/mol. The van der Waals surface area contributed by atoms with Crippen LogP contribution in [0, 0.1) is 18.7 Å². The van der Waals surface area contributed by atoms with Crippen LogP contribution < -0.4 is 5.32 Å². The van der Waals surface area contributed by atoms with Gasteiger partial charge in [0.2, 0.25) is 0 Å². The van der Waals surface area contributed by atoms with Crippen molar-refractivity contribution in [1.29, 1.82) is 0 Å². The summed E-state index contributed by atoms with van der Waals surface area (Å²) in [4.78, 5) is 24.7. The average Bonchev–Trinajstić information content (AvgIpc) is 2.74. The molecule has 6 heteroatoms. The Morgan fingerprint density at radius 1 is 1.45 bits per heavy atom. The summed E-state index contributed by atoms with van der Waals surface area (Å²) in [7, 11) is 0. The summed E-state index contributed by atoms with van der Waals surface area (Å²) < 4.78 is 13.0. The van der Waals surface area contributed by atoms with E-state index in [9.17, 15) is 14.0 Å². The van der Waals surface area contributed by atoms with E-state index in [2.05, 4.69) is 5.32 Å². The highest BCUT2D eigenvalue weighted by atomic mass is 19.1. The fourth-order valence-electron chi connectivity index (χ4n) is 2.51. The predicted octanol–water partition coefficient (Wildman–Crippen LogP) is 2.46. The van der Waals surface area contributed by atoms with Crippen LogP contribution in [0.25, 0.3) is 0 Å². The first-order valence-electron chi connectivity index (χ1n) is 6.46. The van der Waals surface area contributed by atoms with Crippen molar-refractivity contribution in [3.8, 4) is 0 Å². The molecule has 1 aliphatic heterocycles. The van der Waals surface area contributed by atoms with Crippen LogP contribution in [0.2, 0.25) is 0 Å². The second kappa shape index (κ2) is 5.48. The zero-order valence-corrected chi connectivity index (χ0v) is 11.4. The second-order valence-electron chi connectivity index (χ2n) is 5.06. The fourth-order valence-corrected chi connectivity index (χ4v) is 2.51. The van der Waals surface area contributed by atoms with Gasteiger partial charge in [0.1, 0.15) is 5.82 Å². The molecular formula is C14H17FN2O3. The summed E-state index contributed by atoms with van der Waals surface area (Å²) >= 11 is 0. The van der Waals surface area contributed by atoms with Crippen molar-refractivity contribution in [3.05, 3.63) is 29.6 Å². The number of hydrogen-bond donors (Lipinski definition) is 2. The molecule has 0 radical (unpaired) electrons. The SMILES string of the molecule is Cc1cc(F)ccc1NC(=O)N1CCC(C(=O)O)C1C. The van der Waals surface area contributed by atoms with Gasteiger partial charge in [-0.15, -0.1) is 0 Å². The third-order valence-electron chi connectivity index (χ3n) is 3.76. The van der Waals surface area contributed by atoms with E-state index >= 15 is 0 Å². The molecule has 0 aliphatic carbocycles. The van der Waals surface area contributed by atoms with Crippen LogP contribution in [0.4, 0.5) is 14.9 Å². The summed E-state index contributed by atoms with van der Waals surface area (Å²) in [5.41, 5.74) is 1.15. The van der Waals surface area contributed by atoms with Gasteiger partial charge in [0.25, 0.3) is 0 Å². The number of amides is 2. The van der Waals surface area contributed by atoms with E-state index in [4.69, 9.17) is 5.11 Å². The number of urea groups is 1. The third kappa shape index (κ3) is 2.74. The van der Waals surface area contributed by atoms with Gasteiger partial charge in [0, 0.05) is 18.3 Å². The lowest BCUT2D eigenvalue weighted by Crippen LogP contribution is -2.40. The number of likely N-dealkylation sites (tertiary alicyclic amines) is 1. The molecule has 1 fully saturated rings. The van der Waals surface area contributed by atoms with Gasteiger partial charge >= 0.3 is 12.0 Å². The number of benzene rings is 1. The van der Waals surface area contributed by atoms with Gasteiger partial charge in [-0.25, -0.2) is 9.18 Å². The van der Waals surface area contributed by atoms with E-state index in [0.717, 1.165) is 0 Å². The standard InChI is InChI=1S/C14H17FN2O3/c1-8-7-10(15)3-4-12(8)16-14(20)17-6-5-11(9(17)2)13(18)19/h3-4,7,9,11H,5-6H2,1-2H3,(H,16,20)(H,18,19). The Hall–Kier alpha value is -2.11. The molecule has 1 saturated heterocycles. The van der Waals surface area contributed by atoms with Crippen molar-refractivity contribution in [2.45, 2.75) is 26.3 Å². The molecule has 5 nitrogen and oxygen atoms in total. The van der Waals surface area contributed by atoms with E-state index < -0.39 is 11.9 Å². The van der Waals surface area contributed by atoms with Crippen LogP contribution >= 0.6 is 0 Å². The summed E-state index contributed by atoms with van der Waals surface area (Å²) in [6, 6.07) is 3.40. The van der Waals surface area contributed by atoms with Crippen molar-refractivity contribution in [1.82, 2.24) is 4.90 Å². The van der Waals surface area contributed by atoms with Crippen molar-refractivity contribution < 1.29 is 19.1 Å². The first kappa shape index (κ1) is 14.3. The number of aryl methyl sites for hydroxylation is 1. The van der Waals surface area contributed by atoms with E-state index in [-0.39, 0.29) is 17.9 Å². The third-order valence-corrected chi connectivity index (χ3v) is 3.76. The zero-order valence-electron chi connectivity index (χ0n) is 11.4. The second-order valence-corrected chi connectivity index (χ2v) is 5.06. The molecule has 1 aromatic rings. The number of rotatable bonds is 2. The number of aliphatic carboxylic acids is 1. The smallest absolute Gasteiger partial charge is 0.322 e. The van der Waals surface area contributed by atoms with Gasteiger partial charge in [0.15, 0.2) is 0 Å². The molecule has 20 heavy (non-hydrogen) atoms. The van der Waals surface area contributed by atoms with E-state index in [1.165, 1.54) is 23.1 Å². The van der Waals surface area contributed by atoms with Crippen molar-refractivity contribution in [3.63, 3.8) is 0 Å². The monoisotopic (exact) mass is 280 g/mol. The largest absolute Gasteiger partial charge is 0.481 e. The molecule has 2 rings (SSSR count). The molecule has 1 aliphatic rings. The van der Waals surface area contributed by atoms with Gasteiger partial charge in [-0.1, -0.05) is 0 Å². The predicted molar refractivity (Wildman–Crippen MR) is 72.1 cm³/mol. The number of anilines is 1. The lowest BCUT2D eigenvalue weighted by Gasteiger charge is -2.24. The lowest BCUT2D eigenvalue weighted by molar-refractivity contribution is -0.142. The Kier molecular flexibility index (Phi) is 3.92. The lowest BCUT2D eigenvalue weighted by atomic mass is 10.0. The first-order chi connectivity index (χ1) is 9.40. The molecule has 2 amide bonds. The summed E-state index contributed by atoms with van der Waals surface area (Å²) in [5, 5.41) is 11.7. The Balaban J connectivity index is 2.07. The summed E-state index contributed by atoms with van der Waals surface area (Å²) in [5.74, 6) is -1.78. The van der Waals surface area contributed by atoms with Gasteiger partial charge in [-0.05, 0) is 44.0 Å². The zero-order chi connectivity index (χ0) is 14.9. The van der Waals surface area contributed by atoms with Gasteiger partial charge in [0.05, 0.1) is 5.92 Å². The number of hydrogen-bond acceptors (Lipinski definition) is 2. The van der Waals surface area contributed by atoms with E-state index in [1.807, 2.05) is 0 Å². The molecule has 1 heterocycles. The minimum atomic E-state index is -0.884. The minimum absolute atomic E-state index is 0.351. The van der Waals surface area contributed by atoms with Crippen molar-refractivity contribution in [2.24, 2.45) is 5.92 Å². The number of carbonyl (C=O) groups excluding carboxylic acids is 1. The average molecular weight is 280 g/mol. The quantitative estimate of drug-likeness (QED) is 0.874. The van der Waals surface area contributed by atoms with Crippen molar-refractivity contribution in [2.75, 3.05) is 11.9 Å². The normalized spacial score (nSPS) is 21.9. The maximum absolute atomic E-state index is 13.0. The Labute approximate surface area is 116 Å². The highest BCUT2D eigenvalue weighted by molar-refractivity contribution is 5.91.